The second-order valence-electron chi connectivity index (χ2n) is 4.95. The van der Waals surface area contributed by atoms with Crippen LogP contribution in [0.3, 0.4) is 0 Å². The fraction of sp³-hybridized carbons (Fsp3) is 0.889. The third-order valence-corrected chi connectivity index (χ3v) is 3.06. The fourth-order valence-corrected chi connectivity index (χ4v) is 1.98. The predicted molar refractivity (Wildman–Crippen MR) is 85.8 cm³/mol. The quantitative estimate of drug-likeness (QED) is 0.320. The molecular formula is C18H36. The van der Waals surface area contributed by atoms with Gasteiger partial charge in [0.05, 0.1) is 0 Å². The molecule has 0 saturated heterocycles. The number of hydrogen-bond acceptors (Lipinski definition) is 0. The Kier molecular flexibility index (Phi) is 20.9. The van der Waals surface area contributed by atoms with Gasteiger partial charge < -0.3 is 0 Å². The van der Waals surface area contributed by atoms with Crippen molar-refractivity contribution in [3.8, 4) is 11.8 Å². The Bertz CT molecular complexity index is 182. The monoisotopic (exact) mass is 252 g/mol. The van der Waals surface area contributed by atoms with Crippen LogP contribution < -0.4 is 0 Å². The molecule has 0 heterocycles. The van der Waals surface area contributed by atoms with Crippen LogP contribution in [0, 0.1) is 17.8 Å². The van der Waals surface area contributed by atoms with E-state index in [0.717, 1.165) is 18.8 Å². The van der Waals surface area contributed by atoms with Gasteiger partial charge in [-0.3, -0.25) is 0 Å². The van der Waals surface area contributed by atoms with Crippen LogP contribution in [0.2, 0.25) is 0 Å². The summed E-state index contributed by atoms with van der Waals surface area (Å²) in [4.78, 5) is 0. The topological polar surface area (TPSA) is 0 Å². The number of unbranched alkanes of at least 4 members (excludes halogenated alkanes) is 5. The zero-order valence-corrected chi connectivity index (χ0v) is 13.6. The fourth-order valence-electron chi connectivity index (χ4n) is 1.98. The molecule has 0 bridgehead atoms. The summed E-state index contributed by atoms with van der Waals surface area (Å²) in [6, 6.07) is 0. The smallest absolute Gasteiger partial charge is 0.00886 e. The molecule has 0 spiro atoms. The third-order valence-electron chi connectivity index (χ3n) is 3.06. The second kappa shape index (κ2) is 18.9. The van der Waals surface area contributed by atoms with E-state index in [0.29, 0.717) is 0 Å². The third kappa shape index (κ3) is 17.9. The van der Waals surface area contributed by atoms with Crippen molar-refractivity contribution in [1.29, 1.82) is 0 Å². The van der Waals surface area contributed by atoms with E-state index in [1.54, 1.807) is 0 Å². The van der Waals surface area contributed by atoms with Gasteiger partial charge in [0.25, 0.3) is 0 Å². The molecule has 0 aromatic carbocycles. The summed E-state index contributed by atoms with van der Waals surface area (Å²) >= 11 is 0. The van der Waals surface area contributed by atoms with Gasteiger partial charge in [-0.05, 0) is 18.8 Å². The maximum absolute atomic E-state index is 3.30. The van der Waals surface area contributed by atoms with Gasteiger partial charge in [0.1, 0.15) is 0 Å². The minimum atomic E-state index is 0.919. The van der Waals surface area contributed by atoms with Crippen molar-refractivity contribution < 1.29 is 0 Å². The van der Waals surface area contributed by atoms with Gasteiger partial charge in [0.15, 0.2) is 0 Å². The van der Waals surface area contributed by atoms with E-state index >= 15 is 0 Å². The molecule has 1 unspecified atom stereocenters. The highest BCUT2D eigenvalue weighted by Gasteiger charge is 1.98. The summed E-state index contributed by atoms with van der Waals surface area (Å²) in [5.74, 6) is 7.50. The molecule has 0 aromatic rings. The van der Waals surface area contributed by atoms with E-state index in [9.17, 15) is 0 Å². The van der Waals surface area contributed by atoms with Crippen LogP contribution in [-0.4, -0.2) is 0 Å². The highest BCUT2D eigenvalue weighted by Crippen LogP contribution is 2.14. The lowest BCUT2D eigenvalue weighted by Gasteiger charge is -2.07. The first-order chi connectivity index (χ1) is 8.81. The molecule has 0 nitrogen and oxygen atoms in total. The van der Waals surface area contributed by atoms with Gasteiger partial charge >= 0.3 is 0 Å². The normalized spacial score (nSPS) is 10.9. The van der Waals surface area contributed by atoms with Crippen LogP contribution in [0.1, 0.15) is 98.8 Å². The molecule has 18 heavy (non-hydrogen) atoms. The van der Waals surface area contributed by atoms with Crippen LogP contribution in [0.15, 0.2) is 0 Å². The molecule has 0 heteroatoms. The average molecular weight is 252 g/mol. The molecule has 0 amide bonds. The van der Waals surface area contributed by atoms with Gasteiger partial charge in [-0.15, -0.1) is 11.8 Å². The van der Waals surface area contributed by atoms with Gasteiger partial charge in [0.2, 0.25) is 0 Å². The zero-order chi connectivity index (χ0) is 14.1. The maximum atomic E-state index is 3.30. The highest BCUT2D eigenvalue weighted by molar-refractivity contribution is 4.98. The van der Waals surface area contributed by atoms with Crippen LogP contribution in [-0.2, 0) is 0 Å². The molecule has 0 fully saturated rings. The van der Waals surface area contributed by atoms with Crippen molar-refractivity contribution >= 4 is 0 Å². The SMILES string of the molecule is CC.CCCCCC#CCCCCC(C)CCC. The summed E-state index contributed by atoms with van der Waals surface area (Å²) in [6.07, 6.45) is 12.9. The molecular weight excluding hydrogens is 216 g/mol. The number of rotatable bonds is 9. The van der Waals surface area contributed by atoms with E-state index in [4.69, 9.17) is 0 Å². The molecule has 0 aromatic heterocycles. The summed E-state index contributed by atoms with van der Waals surface area (Å²) < 4.78 is 0. The Hall–Kier alpha value is -0.440. The van der Waals surface area contributed by atoms with Gasteiger partial charge in [-0.1, -0.05) is 73.1 Å². The first-order valence-electron chi connectivity index (χ1n) is 8.27. The second-order valence-corrected chi connectivity index (χ2v) is 4.95. The summed E-state index contributed by atoms with van der Waals surface area (Å²) in [6.45, 7) is 10.9. The molecule has 0 rings (SSSR count). The first-order valence-corrected chi connectivity index (χ1v) is 8.27. The van der Waals surface area contributed by atoms with Gasteiger partial charge in [-0.25, -0.2) is 0 Å². The lowest BCUT2D eigenvalue weighted by atomic mass is 9.99. The van der Waals surface area contributed by atoms with Crippen molar-refractivity contribution in [2.75, 3.05) is 0 Å². The van der Waals surface area contributed by atoms with Gasteiger partial charge in [0, 0.05) is 12.8 Å². The predicted octanol–water partition coefficient (Wildman–Crippen LogP) is 6.59. The van der Waals surface area contributed by atoms with Crippen molar-refractivity contribution in [3.05, 3.63) is 0 Å². The molecule has 0 aliphatic heterocycles. The van der Waals surface area contributed by atoms with E-state index < -0.39 is 0 Å². The minimum Gasteiger partial charge on any atom is -0.103 e. The van der Waals surface area contributed by atoms with Crippen molar-refractivity contribution in [3.63, 3.8) is 0 Å². The Morgan fingerprint density at radius 3 is 1.78 bits per heavy atom. The zero-order valence-electron chi connectivity index (χ0n) is 13.6. The van der Waals surface area contributed by atoms with Crippen LogP contribution in [0.4, 0.5) is 0 Å². The van der Waals surface area contributed by atoms with E-state index in [1.807, 2.05) is 13.8 Å². The minimum absolute atomic E-state index is 0.919. The van der Waals surface area contributed by atoms with Gasteiger partial charge in [-0.2, -0.15) is 0 Å². The van der Waals surface area contributed by atoms with Crippen LogP contribution >= 0.6 is 0 Å². The Labute approximate surface area is 117 Å². The Morgan fingerprint density at radius 2 is 1.28 bits per heavy atom. The molecule has 0 N–H and O–H groups in total. The van der Waals surface area contributed by atoms with E-state index in [2.05, 4.69) is 32.6 Å². The van der Waals surface area contributed by atoms with E-state index in [1.165, 1.54) is 51.4 Å². The summed E-state index contributed by atoms with van der Waals surface area (Å²) in [7, 11) is 0. The van der Waals surface area contributed by atoms with Crippen LogP contribution in [0.25, 0.3) is 0 Å². The standard InChI is InChI=1S/C16H30.C2H6/c1-4-6-7-8-9-10-11-12-13-15-16(3)14-5-2;1-2/h16H,4-8,11-15H2,1-3H3;1-2H3. The van der Waals surface area contributed by atoms with Crippen LogP contribution in [0.5, 0.6) is 0 Å². The maximum Gasteiger partial charge on any atom is 0.00886 e. The van der Waals surface area contributed by atoms with Crippen molar-refractivity contribution in [1.82, 2.24) is 0 Å². The lowest BCUT2D eigenvalue weighted by molar-refractivity contribution is 0.463. The molecule has 108 valence electrons. The molecule has 1 atom stereocenters. The summed E-state index contributed by atoms with van der Waals surface area (Å²) in [5, 5.41) is 0. The lowest BCUT2D eigenvalue weighted by Crippen LogP contribution is -1.93. The van der Waals surface area contributed by atoms with E-state index in [-0.39, 0.29) is 0 Å². The Morgan fingerprint density at radius 1 is 0.722 bits per heavy atom. The van der Waals surface area contributed by atoms with Crippen molar-refractivity contribution in [2.24, 2.45) is 5.92 Å². The average Bonchev–Trinajstić information content (AvgIpc) is 2.39. The van der Waals surface area contributed by atoms with Crippen molar-refractivity contribution in [2.45, 2.75) is 98.8 Å². The summed E-state index contributed by atoms with van der Waals surface area (Å²) in [5.41, 5.74) is 0. The first kappa shape index (κ1) is 19.9. The highest BCUT2D eigenvalue weighted by atomic mass is 14.0. The molecule has 0 radical (unpaired) electrons. The molecule has 0 aliphatic rings. The Balaban J connectivity index is 0. The molecule has 0 aliphatic carbocycles. The largest absolute Gasteiger partial charge is 0.103 e. The molecule has 0 saturated carbocycles. The number of hydrogen-bond donors (Lipinski definition) is 0.